The first-order valence-electron chi connectivity index (χ1n) is 9.28. The second-order valence-electron chi connectivity index (χ2n) is 7.42. The van der Waals surface area contributed by atoms with Crippen LogP contribution in [0.5, 0.6) is 11.5 Å². The van der Waals surface area contributed by atoms with Crippen molar-refractivity contribution >= 4 is 5.91 Å². The highest BCUT2D eigenvalue weighted by molar-refractivity contribution is 5.78. The molecule has 1 aromatic rings. The normalized spacial score (nSPS) is 29.2. The van der Waals surface area contributed by atoms with E-state index in [2.05, 4.69) is 10.2 Å². The molecule has 2 N–H and O–H groups in total. The van der Waals surface area contributed by atoms with Crippen LogP contribution in [-0.2, 0) is 9.53 Å². The fraction of sp³-hybridized carbons (Fsp3) is 0.632. The van der Waals surface area contributed by atoms with Crippen LogP contribution in [0.2, 0.25) is 0 Å². The van der Waals surface area contributed by atoms with Gasteiger partial charge in [-0.05, 0) is 31.9 Å². The van der Waals surface area contributed by atoms with Crippen LogP contribution >= 0.6 is 0 Å². The van der Waals surface area contributed by atoms with E-state index >= 15 is 0 Å². The first kappa shape index (κ1) is 17.6. The van der Waals surface area contributed by atoms with E-state index in [1.165, 1.54) is 0 Å². The van der Waals surface area contributed by atoms with Crippen LogP contribution in [0.1, 0.15) is 19.8 Å². The number of fused-ring (bicyclic) bond motifs is 1. The van der Waals surface area contributed by atoms with Crippen molar-refractivity contribution < 1.29 is 24.1 Å². The van der Waals surface area contributed by atoms with E-state index in [-0.39, 0.29) is 30.3 Å². The van der Waals surface area contributed by atoms with Crippen molar-refractivity contribution in [3.8, 4) is 11.5 Å². The number of aliphatic hydroxyl groups excluding tert-OH is 1. The van der Waals surface area contributed by atoms with Crippen molar-refractivity contribution in [1.29, 1.82) is 0 Å². The van der Waals surface area contributed by atoms with Gasteiger partial charge in [0.05, 0.1) is 11.6 Å². The van der Waals surface area contributed by atoms with Gasteiger partial charge in [-0.1, -0.05) is 12.1 Å². The quantitative estimate of drug-likeness (QED) is 0.818. The molecule has 0 aliphatic carbocycles. The van der Waals surface area contributed by atoms with Crippen molar-refractivity contribution in [2.24, 2.45) is 0 Å². The number of aliphatic hydroxyl groups is 1. The summed E-state index contributed by atoms with van der Waals surface area (Å²) in [6, 6.07) is 7.54. The summed E-state index contributed by atoms with van der Waals surface area (Å²) < 4.78 is 17.5. The average Bonchev–Trinajstić information content (AvgIpc) is 2.66. The molecule has 7 nitrogen and oxygen atoms in total. The summed E-state index contributed by atoms with van der Waals surface area (Å²) in [5.74, 6) is 1.36. The van der Waals surface area contributed by atoms with Crippen LogP contribution in [0.15, 0.2) is 24.3 Å². The molecule has 0 aromatic heterocycles. The Morgan fingerprint density at radius 3 is 2.77 bits per heavy atom. The third-order valence-corrected chi connectivity index (χ3v) is 5.76. The lowest BCUT2D eigenvalue weighted by atomic mass is 9.83. The summed E-state index contributed by atoms with van der Waals surface area (Å²) in [5.41, 5.74) is -0.279. The van der Waals surface area contributed by atoms with Gasteiger partial charge in [0.1, 0.15) is 19.3 Å². The maximum absolute atomic E-state index is 11.5. The number of piperidine rings is 1. The van der Waals surface area contributed by atoms with E-state index in [1.807, 2.05) is 31.2 Å². The van der Waals surface area contributed by atoms with Gasteiger partial charge < -0.3 is 29.5 Å². The molecule has 26 heavy (non-hydrogen) atoms. The summed E-state index contributed by atoms with van der Waals surface area (Å²) in [7, 11) is 0. The first-order chi connectivity index (χ1) is 12.6. The lowest BCUT2D eigenvalue weighted by Gasteiger charge is -2.48. The minimum atomic E-state index is -0.623. The highest BCUT2D eigenvalue weighted by Gasteiger charge is 2.44. The highest BCUT2D eigenvalue weighted by atomic mass is 16.6. The molecule has 2 saturated heterocycles. The summed E-state index contributed by atoms with van der Waals surface area (Å²) in [5, 5.41) is 13.6. The second kappa shape index (κ2) is 7.06. The van der Waals surface area contributed by atoms with Crippen LogP contribution in [-0.4, -0.2) is 72.6 Å². The maximum atomic E-state index is 11.5. The Morgan fingerprint density at radius 2 is 2.04 bits per heavy atom. The number of rotatable bonds is 3. The smallest absolute Gasteiger partial charge is 0.246 e. The van der Waals surface area contributed by atoms with E-state index < -0.39 is 6.10 Å². The molecule has 0 bridgehead atoms. The number of amides is 1. The molecule has 3 unspecified atom stereocenters. The lowest BCUT2D eigenvalue weighted by Crippen LogP contribution is -2.63. The summed E-state index contributed by atoms with van der Waals surface area (Å²) in [6.07, 6.45) is 0.685. The van der Waals surface area contributed by atoms with Crippen molar-refractivity contribution in [1.82, 2.24) is 10.2 Å². The molecule has 1 spiro atoms. The minimum absolute atomic E-state index is 0.0161. The summed E-state index contributed by atoms with van der Waals surface area (Å²) in [6.45, 7) is 4.67. The van der Waals surface area contributed by atoms with Gasteiger partial charge in [0, 0.05) is 19.6 Å². The Labute approximate surface area is 153 Å². The molecular formula is C19H26N2O5. The Hall–Kier alpha value is -1.83. The molecule has 0 radical (unpaired) electrons. The molecule has 1 amide bonds. The molecule has 142 valence electrons. The highest BCUT2D eigenvalue weighted by Crippen LogP contribution is 2.33. The zero-order valence-electron chi connectivity index (χ0n) is 15.0. The van der Waals surface area contributed by atoms with Crippen molar-refractivity contribution in [2.45, 2.75) is 43.6 Å². The van der Waals surface area contributed by atoms with Gasteiger partial charge in [0.25, 0.3) is 0 Å². The standard InChI is InChI=1S/C19H26N2O5/c1-13-19(25-12-18(23)20-13)6-8-21(9-7-19)10-14(22)17-11-24-15-4-2-3-5-16(15)26-17/h2-5,13-14,17,22H,6-12H2,1H3,(H,20,23). The van der Waals surface area contributed by atoms with Crippen molar-refractivity contribution in [3.63, 3.8) is 0 Å². The molecule has 3 heterocycles. The van der Waals surface area contributed by atoms with E-state index in [4.69, 9.17) is 14.2 Å². The maximum Gasteiger partial charge on any atom is 0.246 e. The Morgan fingerprint density at radius 1 is 1.31 bits per heavy atom. The topological polar surface area (TPSA) is 80.3 Å². The van der Waals surface area contributed by atoms with Gasteiger partial charge in [0.15, 0.2) is 17.6 Å². The first-order valence-corrected chi connectivity index (χ1v) is 9.28. The van der Waals surface area contributed by atoms with Crippen LogP contribution in [0.4, 0.5) is 0 Å². The van der Waals surface area contributed by atoms with Crippen LogP contribution < -0.4 is 14.8 Å². The molecule has 3 aliphatic rings. The number of carbonyl (C=O) groups excluding carboxylic acids is 1. The molecule has 3 atom stereocenters. The van der Waals surface area contributed by atoms with Crippen molar-refractivity contribution in [2.75, 3.05) is 32.8 Å². The summed E-state index contributed by atoms with van der Waals surface area (Å²) >= 11 is 0. The molecule has 3 aliphatic heterocycles. The van der Waals surface area contributed by atoms with Gasteiger partial charge in [-0.2, -0.15) is 0 Å². The number of hydrogen-bond donors (Lipinski definition) is 2. The predicted octanol–water partition coefficient (Wildman–Crippen LogP) is 0.557. The number of β-amino-alcohol motifs (C(OH)–C–C–N with tert-alkyl or cyclic N) is 1. The Balaban J connectivity index is 1.30. The molecule has 1 aromatic carbocycles. The third kappa shape index (κ3) is 3.39. The Kier molecular flexibility index (Phi) is 4.77. The van der Waals surface area contributed by atoms with Crippen LogP contribution in [0.3, 0.4) is 0 Å². The molecular weight excluding hydrogens is 336 g/mol. The number of carbonyl (C=O) groups is 1. The summed E-state index contributed by atoms with van der Waals surface area (Å²) in [4.78, 5) is 13.7. The zero-order chi connectivity index (χ0) is 18.1. The Bertz CT molecular complexity index is 659. The van der Waals surface area contributed by atoms with E-state index in [0.717, 1.165) is 31.7 Å². The molecule has 4 rings (SSSR count). The fourth-order valence-corrected chi connectivity index (χ4v) is 4.05. The van der Waals surface area contributed by atoms with Gasteiger partial charge >= 0.3 is 0 Å². The van der Waals surface area contributed by atoms with Crippen LogP contribution in [0, 0.1) is 0 Å². The number of likely N-dealkylation sites (tertiary alicyclic amines) is 1. The number of morpholine rings is 1. The second-order valence-corrected chi connectivity index (χ2v) is 7.42. The number of benzene rings is 1. The lowest BCUT2D eigenvalue weighted by molar-refractivity contribution is -0.160. The number of hydrogen-bond acceptors (Lipinski definition) is 6. The van der Waals surface area contributed by atoms with Crippen molar-refractivity contribution in [3.05, 3.63) is 24.3 Å². The number of nitrogens with zero attached hydrogens (tertiary/aromatic N) is 1. The third-order valence-electron chi connectivity index (χ3n) is 5.76. The predicted molar refractivity (Wildman–Crippen MR) is 94.3 cm³/mol. The fourth-order valence-electron chi connectivity index (χ4n) is 4.05. The van der Waals surface area contributed by atoms with E-state index in [0.29, 0.717) is 18.9 Å². The zero-order valence-corrected chi connectivity index (χ0v) is 15.0. The number of nitrogens with one attached hydrogen (secondary N) is 1. The monoisotopic (exact) mass is 362 g/mol. The van der Waals surface area contributed by atoms with E-state index in [1.54, 1.807) is 0 Å². The number of ether oxygens (including phenoxy) is 3. The molecule has 2 fully saturated rings. The minimum Gasteiger partial charge on any atom is -0.486 e. The molecule has 7 heteroatoms. The van der Waals surface area contributed by atoms with Crippen LogP contribution in [0.25, 0.3) is 0 Å². The van der Waals surface area contributed by atoms with Gasteiger partial charge in [0.2, 0.25) is 5.91 Å². The van der Waals surface area contributed by atoms with Gasteiger partial charge in [-0.3, -0.25) is 4.79 Å². The SMILES string of the molecule is CC1NC(=O)COC12CCN(CC(O)C1COc3ccccc3O1)CC2. The van der Waals surface area contributed by atoms with Gasteiger partial charge in [-0.15, -0.1) is 0 Å². The van der Waals surface area contributed by atoms with Gasteiger partial charge in [-0.25, -0.2) is 0 Å². The average molecular weight is 362 g/mol. The number of para-hydroxylation sites is 2. The largest absolute Gasteiger partial charge is 0.486 e. The molecule has 0 saturated carbocycles. The van der Waals surface area contributed by atoms with E-state index in [9.17, 15) is 9.90 Å².